The average molecular weight is 229 g/mol. The molecule has 16 heavy (non-hydrogen) atoms. The maximum atomic E-state index is 12.0. The van der Waals surface area contributed by atoms with Crippen molar-refractivity contribution in [2.45, 2.75) is 33.2 Å². The third kappa shape index (κ3) is 2.52. The summed E-state index contributed by atoms with van der Waals surface area (Å²) in [5.41, 5.74) is 0. The van der Waals surface area contributed by atoms with Crippen LogP contribution in [0.5, 0.6) is 0 Å². The van der Waals surface area contributed by atoms with E-state index in [1.807, 2.05) is 13.8 Å². The first-order chi connectivity index (χ1) is 7.49. The van der Waals surface area contributed by atoms with E-state index in [9.17, 15) is 9.59 Å². The second-order valence-electron chi connectivity index (χ2n) is 4.51. The Morgan fingerprint density at radius 3 is 2.69 bits per heavy atom. The van der Waals surface area contributed by atoms with Crippen molar-refractivity contribution in [3.05, 3.63) is 0 Å². The molecule has 0 radical (unpaired) electrons. The van der Waals surface area contributed by atoms with Crippen molar-refractivity contribution in [2.24, 2.45) is 11.8 Å². The lowest BCUT2D eigenvalue weighted by molar-refractivity contribution is -0.133. The standard InChI is InChI=1S/C11H19NO4/c1-7(2)9-6-16-11(15)12(9)10(14)8(3)4-5-13/h7-9,13H,4-6H2,1-3H3/t8-,9+/m1/s1. The lowest BCUT2D eigenvalue weighted by Gasteiger charge is -2.24. The highest BCUT2D eigenvalue weighted by atomic mass is 16.6. The van der Waals surface area contributed by atoms with Crippen molar-refractivity contribution < 1.29 is 19.4 Å². The Morgan fingerprint density at radius 1 is 1.56 bits per heavy atom. The number of aliphatic hydroxyl groups excluding tert-OH is 1. The first kappa shape index (κ1) is 13.0. The van der Waals surface area contributed by atoms with Crippen molar-refractivity contribution in [1.82, 2.24) is 4.90 Å². The monoisotopic (exact) mass is 229 g/mol. The number of hydrogen-bond donors (Lipinski definition) is 1. The van der Waals surface area contributed by atoms with Crippen LogP contribution in [0.15, 0.2) is 0 Å². The van der Waals surface area contributed by atoms with E-state index in [0.29, 0.717) is 6.42 Å². The Bertz CT molecular complexity index is 277. The van der Waals surface area contributed by atoms with Gasteiger partial charge in [0.15, 0.2) is 0 Å². The summed E-state index contributed by atoms with van der Waals surface area (Å²) in [6.07, 6.45) is -0.193. The number of hydrogen-bond acceptors (Lipinski definition) is 4. The van der Waals surface area contributed by atoms with Crippen LogP contribution in [0.1, 0.15) is 27.2 Å². The molecule has 2 atom stereocenters. The highest BCUT2D eigenvalue weighted by Gasteiger charge is 2.40. The van der Waals surface area contributed by atoms with E-state index in [4.69, 9.17) is 9.84 Å². The number of aliphatic hydroxyl groups is 1. The summed E-state index contributed by atoms with van der Waals surface area (Å²) in [6, 6.07) is -0.179. The maximum Gasteiger partial charge on any atom is 0.416 e. The van der Waals surface area contributed by atoms with E-state index in [2.05, 4.69) is 0 Å². The minimum absolute atomic E-state index is 0.0534. The normalized spacial score (nSPS) is 22.4. The van der Waals surface area contributed by atoms with Crippen LogP contribution >= 0.6 is 0 Å². The van der Waals surface area contributed by atoms with Gasteiger partial charge in [-0.05, 0) is 12.3 Å². The van der Waals surface area contributed by atoms with Gasteiger partial charge >= 0.3 is 6.09 Å². The second kappa shape index (κ2) is 5.30. The van der Waals surface area contributed by atoms with Crippen molar-refractivity contribution in [2.75, 3.05) is 13.2 Å². The quantitative estimate of drug-likeness (QED) is 0.781. The molecule has 1 saturated heterocycles. The molecule has 1 aliphatic rings. The van der Waals surface area contributed by atoms with Gasteiger partial charge in [0.2, 0.25) is 5.91 Å². The molecule has 0 bridgehead atoms. The van der Waals surface area contributed by atoms with E-state index in [1.54, 1.807) is 6.92 Å². The first-order valence-corrected chi connectivity index (χ1v) is 5.59. The number of carbonyl (C=O) groups is 2. The highest BCUT2D eigenvalue weighted by molar-refractivity contribution is 5.94. The molecule has 0 aliphatic carbocycles. The van der Waals surface area contributed by atoms with Crippen molar-refractivity contribution in [1.29, 1.82) is 0 Å². The zero-order valence-corrected chi connectivity index (χ0v) is 9.97. The fraction of sp³-hybridized carbons (Fsp3) is 0.818. The Morgan fingerprint density at radius 2 is 2.19 bits per heavy atom. The van der Waals surface area contributed by atoms with E-state index in [1.165, 1.54) is 4.90 Å². The van der Waals surface area contributed by atoms with Gasteiger partial charge in [0.25, 0.3) is 0 Å². The summed E-state index contributed by atoms with van der Waals surface area (Å²) < 4.78 is 4.89. The zero-order chi connectivity index (χ0) is 12.3. The van der Waals surface area contributed by atoms with E-state index in [0.717, 1.165) is 0 Å². The Balaban J connectivity index is 2.75. The summed E-state index contributed by atoms with van der Waals surface area (Å²) in [5, 5.41) is 8.78. The molecule has 1 heterocycles. The SMILES string of the molecule is CC(C)[C@@H]1COC(=O)N1C(=O)[C@H](C)CCO. The van der Waals surface area contributed by atoms with Crippen LogP contribution in [-0.4, -0.2) is 41.3 Å². The number of carbonyl (C=O) groups excluding carboxylic acids is 2. The largest absolute Gasteiger partial charge is 0.447 e. The zero-order valence-electron chi connectivity index (χ0n) is 9.97. The number of rotatable bonds is 4. The predicted octanol–water partition coefficient (Wildman–Crippen LogP) is 1.01. The lowest BCUT2D eigenvalue weighted by atomic mass is 10.0. The van der Waals surface area contributed by atoms with Crippen molar-refractivity contribution in [3.63, 3.8) is 0 Å². The molecule has 0 aromatic heterocycles. The predicted molar refractivity (Wildman–Crippen MR) is 57.7 cm³/mol. The fourth-order valence-electron chi connectivity index (χ4n) is 1.73. The highest BCUT2D eigenvalue weighted by Crippen LogP contribution is 2.22. The van der Waals surface area contributed by atoms with Gasteiger partial charge in [0, 0.05) is 12.5 Å². The third-order valence-corrected chi connectivity index (χ3v) is 2.90. The topological polar surface area (TPSA) is 66.8 Å². The van der Waals surface area contributed by atoms with Crippen LogP contribution in [0.2, 0.25) is 0 Å². The van der Waals surface area contributed by atoms with Gasteiger partial charge in [-0.2, -0.15) is 0 Å². The van der Waals surface area contributed by atoms with Crippen LogP contribution < -0.4 is 0 Å². The van der Waals surface area contributed by atoms with Crippen LogP contribution in [0.25, 0.3) is 0 Å². The molecule has 0 unspecified atom stereocenters. The summed E-state index contributed by atoms with van der Waals surface area (Å²) in [4.78, 5) is 24.6. The van der Waals surface area contributed by atoms with E-state index < -0.39 is 6.09 Å². The molecule has 1 rings (SSSR count). The Hall–Kier alpha value is -1.10. The molecule has 0 saturated carbocycles. The molecule has 1 fully saturated rings. The van der Waals surface area contributed by atoms with Gasteiger partial charge in [-0.3, -0.25) is 4.79 Å². The molecular weight excluding hydrogens is 210 g/mol. The van der Waals surface area contributed by atoms with Gasteiger partial charge in [-0.25, -0.2) is 9.69 Å². The lowest BCUT2D eigenvalue weighted by Crippen LogP contribution is -2.44. The number of imide groups is 1. The third-order valence-electron chi connectivity index (χ3n) is 2.90. The van der Waals surface area contributed by atoms with Crippen LogP contribution in [0.4, 0.5) is 4.79 Å². The number of nitrogens with zero attached hydrogens (tertiary/aromatic N) is 1. The molecule has 5 heteroatoms. The number of cyclic esters (lactones) is 1. The number of amides is 2. The summed E-state index contributed by atoms with van der Waals surface area (Å²) in [5.74, 6) is -0.427. The van der Waals surface area contributed by atoms with Crippen LogP contribution in [-0.2, 0) is 9.53 Å². The molecule has 5 nitrogen and oxygen atoms in total. The molecule has 92 valence electrons. The van der Waals surface area contributed by atoms with E-state index >= 15 is 0 Å². The summed E-state index contributed by atoms with van der Waals surface area (Å²) in [6.45, 7) is 5.82. The Kier molecular flexibility index (Phi) is 4.29. The minimum Gasteiger partial charge on any atom is -0.447 e. The fourth-order valence-corrected chi connectivity index (χ4v) is 1.73. The minimum atomic E-state index is -0.562. The van der Waals surface area contributed by atoms with Gasteiger partial charge < -0.3 is 9.84 Å². The molecule has 1 aliphatic heterocycles. The van der Waals surface area contributed by atoms with Gasteiger partial charge in [-0.1, -0.05) is 20.8 Å². The van der Waals surface area contributed by atoms with Crippen molar-refractivity contribution >= 4 is 12.0 Å². The first-order valence-electron chi connectivity index (χ1n) is 5.59. The van der Waals surface area contributed by atoms with Crippen LogP contribution in [0, 0.1) is 11.8 Å². The van der Waals surface area contributed by atoms with E-state index in [-0.39, 0.29) is 37.0 Å². The molecule has 1 N–H and O–H groups in total. The van der Waals surface area contributed by atoms with Gasteiger partial charge in [-0.15, -0.1) is 0 Å². The number of ether oxygens (including phenoxy) is 1. The molecule has 0 aromatic carbocycles. The smallest absolute Gasteiger partial charge is 0.416 e. The van der Waals surface area contributed by atoms with Crippen molar-refractivity contribution in [3.8, 4) is 0 Å². The summed E-state index contributed by atoms with van der Waals surface area (Å²) >= 11 is 0. The molecular formula is C11H19NO4. The second-order valence-corrected chi connectivity index (χ2v) is 4.51. The molecule has 0 aromatic rings. The summed E-state index contributed by atoms with van der Waals surface area (Å²) in [7, 11) is 0. The van der Waals surface area contributed by atoms with Gasteiger partial charge in [0.1, 0.15) is 6.61 Å². The van der Waals surface area contributed by atoms with Crippen LogP contribution in [0.3, 0.4) is 0 Å². The average Bonchev–Trinajstić information content (AvgIpc) is 2.59. The Labute approximate surface area is 95.4 Å². The van der Waals surface area contributed by atoms with Gasteiger partial charge in [0.05, 0.1) is 6.04 Å². The molecule has 2 amide bonds. The molecule has 0 spiro atoms. The maximum absolute atomic E-state index is 12.0.